The summed E-state index contributed by atoms with van der Waals surface area (Å²) in [5.41, 5.74) is 0. The van der Waals surface area contributed by atoms with Crippen LogP contribution in [0.5, 0.6) is 0 Å². The van der Waals surface area contributed by atoms with Crippen LogP contribution in [0.4, 0.5) is 0 Å². The number of β-lactam (4-membered cyclic amide) rings is 1. The number of fused-ring (bicyclic) bond motifs is 1. The second kappa shape index (κ2) is 1.02. The minimum absolute atomic E-state index is 0.447. The summed E-state index contributed by atoms with van der Waals surface area (Å²) >= 11 is 0. The van der Waals surface area contributed by atoms with Crippen molar-refractivity contribution in [2.45, 2.75) is 31.3 Å². The van der Waals surface area contributed by atoms with Gasteiger partial charge in [0.2, 0.25) is 5.91 Å². The lowest BCUT2D eigenvalue weighted by Crippen LogP contribution is -2.46. The van der Waals surface area contributed by atoms with Gasteiger partial charge in [0, 0.05) is 12.1 Å². The van der Waals surface area contributed by atoms with Crippen LogP contribution in [0.2, 0.25) is 0 Å². The number of rotatable bonds is 1. The molecule has 2 unspecified atom stereocenters. The van der Waals surface area contributed by atoms with Crippen molar-refractivity contribution < 1.29 is 4.79 Å². The average molecular weight is 123 g/mol. The molecule has 0 aromatic carbocycles. The van der Waals surface area contributed by atoms with Gasteiger partial charge in [-0.25, -0.2) is 0 Å². The second-order valence-electron chi connectivity index (χ2n) is 3.39. The molecule has 0 aromatic heterocycles. The highest BCUT2D eigenvalue weighted by molar-refractivity contribution is 5.91. The van der Waals surface area contributed by atoms with E-state index in [2.05, 4.69) is 4.90 Å². The molecule has 0 spiro atoms. The van der Waals surface area contributed by atoms with Gasteiger partial charge in [0.05, 0.1) is 5.92 Å². The van der Waals surface area contributed by atoms with Gasteiger partial charge in [-0.3, -0.25) is 4.79 Å². The van der Waals surface area contributed by atoms with Gasteiger partial charge in [-0.15, -0.1) is 0 Å². The predicted octanol–water partition coefficient (Wildman–Crippen LogP) is 0.379. The smallest absolute Gasteiger partial charge is 0.228 e. The van der Waals surface area contributed by atoms with Crippen LogP contribution >= 0.6 is 0 Å². The fourth-order valence-electron chi connectivity index (χ4n) is 1.83. The number of likely N-dealkylation sites (tertiary alicyclic amines) is 1. The number of hydrogen-bond donors (Lipinski definition) is 0. The molecule has 48 valence electrons. The first-order valence-corrected chi connectivity index (χ1v) is 3.70. The average Bonchev–Trinajstić information content (AvgIpc) is 2.63. The lowest BCUT2D eigenvalue weighted by molar-refractivity contribution is -0.141. The third-order valence-corrected chi connectivity index (χ3v) is 2.63. The molecule has 1 aliphatic heterocycles. The Hall–Kier alpha value is -0.530. The van der Waals surface area contributed by atoms with Gasteiger partial charge in [-0.1, -0.05) is 0 Å². The summed E-state index contributed by atoms with van der Waals surface area (Å²) in [5.74, 6) is 0.938. The fourth-order valence-corrected chi connectivity index (χ4v) is 1.83. The van der Waals surface area contributed by atoms with E-state index in [9.17, 15) is 4.79 Å². The van der Waals surface area contributed by atoms with Crippen LogP contribution in [0.15, 0.2) is 0 Å². The van der Waals surface area contributed by atoms with E-state index in [4.69, 9.17) is 0 Å². The van der Waals surface area contributed by atoms with Crippen LogP contribution in [0.1, 0.15) is 19.3 Å². The second-order valence-corrected chi connectivity index (χ2v) is 3.39. The largest absolute Gasteiger partial charge is 0.336 e. The zero-order valence-electron chi connectivity index (χ0n) is 5.21. The molecule has 3 aliphatic rings. The van der Waals surface area contributed by atoms with Crippen LogP contribution in [0.3, 0.4) is 0 Å². The maximum Gasteiger partial charge on any atom is 0.228 e. The Labute approximate surface area is 53.8 Å². The molecule has 2 atom stereocenters. The number of carbonyl (C=O) groups is 1. The topological polar surface area (TPSA) is 20.3 Å². The van der Waals surface area contributed by atoms with Crippen molar-refractivity contribution in [1.29, 1.82) is 0 Å². The van der Waals surface area contributed by atoms with Crippen molar-refractivity contribution in [3.63, 3.8) is 0 Å². The van der Waals surface area contributed by atoms with Crippen molar-refractivity contribution >= 4 is 5.91 Å². The Morgan fingerprint density at radius 3 is 2.67 bits per heavy atom. The molecule has 9 heavy (non-hydrogen) atoms. The zero-order chi connectivity index (χ0) is 6.01. The lowest BCUT2D eigenvalue weighted by Gasteiger charge is -2.29. The van der Waals surface area contributed by atoms with Crippen molar-refractivity contribution in [2.24, 2.45) is 5.92 Å². The van der Waals surface area contributed by atoms with Crippen LogP contribution in [-0.4, -0.2) is 22.9 Å². The molecule has 2 saturated carbocycles. The van der Waals surface area contributed by atoms with E-state index < -0.39 is 0 Å². The van der Waals surface area contributed by atoms with Gasteiger partial charge in [-0.05, 0) is 19.3 Å². The standard InChI is InChI=1S/C7H9NO/c9-7-5-3-6(5)8(7)4-1-2-4/h4-6H,1-3H2. The highest BCUT2D eigenvalue weighted by Crippen LogP contribution is 2.52. The van der Waals surface area contributed by atoms with Crippen molar-refractivity contribution in [1.82, 2.24) is 4.90 Å². The minimum Gasteiger partial charge on any atom is -0.336 e. The van der Waals surface area contributed by atoms with Gasteiger partial charge in [0.1, 0.15) is 0 Å². The van der Waals surface area contributed by atoms with Crippen molar-refractivity contribution in [3.8, 4) is 0 Å². The van der Waals surface area contributed by atoms with E-state index in [0.717, 1.165) is 0 Å². The Balaban J connectivity index is 1.85. The highest BCUT2D eigenvalue weighted by atomic mass is 16.2. The first-order valence-electron chi connectivity index (χ1n) is 3.70. The maximum absolute atomic E-state index is 11.0. The van der Waals surface area contributed by atoms with E-state index in [0.29, 0.717) is 23.9 Å². The molecule has 0 bridgehead atoms. The molecule has 1 amide bonds. The molecule has 0 N–H and O–H groups in total. The van der Waals surface area contributed by atoms with Gasteiger partial charge < -0.3 is 4.90 Å². The first kappa shape index (κ1) is 4.31. The van der Waals surface area contributed by atoms with E-state index in [-0.39, 0.29) is 0 Å². The zero-order valence-corrected chi connectivity index (χ0v) is 5.21. The van der Waals surface area contributed by atoms with E-state index >= 15 is 0 Å². The lowest BCUT2D eigenvalue weighted by atomic mass is 10.2. The summed E-state index contributed by atoms with van der Waals surface area (Å²) in [6, 6.07) is 1.39. The van der Waals surface area contributed by atoms with E-state index in [1.807, 2.05) is 0 Å². The minimum atomic E-state index is 0.447. The summed E-state index contributed by atoms with van der Waals surface area (Å²) in [6.45, 7) is 0. The van der Waals surface area contributed by atoms with Gasteiger partial charge in [0.25, 0.3) is 0 Å². The Bertz CT molecular complexity index is 183. The molecule has 1 saturated heterocycles. The molecule has 2 nitrogen and oxygen atoms in total. The Morgan fingerprint density at radius 2 is 2.22 bits per heavy atom. The van der Waals surface area contributed by atoms with Crippen LogP contribution in [0, 0.1) is 5.92 Å². The van der Waals surface area contributed by atoms with Crippen molar-refractivity contribution in [2.75, 3.05) is 0 Å². The molecule has 3 rings (SSSR count). The number of nitrogens with zero attached hydrogens (tertiary/aromatic N) is 1. The summed E-state index contributed by atoms with van der Waals surface area (Å²) in [6.07, 6.45) is 3.72. The summed E-state index contributed by atoms with van der Waals surface area (Å²) in [4.78, 5) is 13.1. The van der Waals surface area contributed by atoms with Gasteiger partial charge >= 0.3 is 0 Å². The molecule has 0 radical (unpaired) electrons. The monoisotopic (exact) mass is 123 g/mol. The summed E-state index contributed by atoms with van der Waals surface area (Å²) in [7, 11) is 0. The summed E-state index contributed by atoms with van der Waals surface area (Å²) < 4.78 is 0. The first-order chi connectivity index (χ1) is 4.38. The number of amides is 1. The molecule has 3 fully saturated rings. The molecule has 0 aromatic rings. The van der Waals surface area contributed by atoms with Gasteiger partial charge in [0.15, 0.2) is 0 Å². The Kier molecular flexibility index (Phi) is 0.491. The van der Waals surface area contributed by atoms with Crippen LogP contribution in [-0.2, 0) is 4.79 Å². The molecular weight excluding hydrogens is 114 g/mol. The van der Waals surface area contributed by atoms with Crippen LogP contribution < -0.4 is 0 Å². The predicted molar refractivity (Wildman–Crippen MR) is 31.8 cm³/mol. The number of carbonyl (C=O) groups excluding carboxylic acids is 1. The van der Waals surface area contributed by atoms with E-state index in [1.165, 1.54) is 19.3 Å². The third-order valence-electron chi connectivity index (χ3n) is 2.63. The Morgan fingerprint density at radius 1 is 1.44 bits per heavy atom. The maximum atomic E-state index is 11.0. The fraction of sp³-hybridized carbons (Fsp3) is 0.857. The third kappa shape index (κ3) is 0.373. The SMILES string of the molecule is O=C1C2CC2N1C1CC1. The quantitative estimate of drug-likeness (QED) is 0.461. The number of hydrogen-bond acceptors (Lipinski definition) is 1. The summed E-state index contributed by atoms with van der Waals surface area (Å²) in [5, 5.41) is 0. The molecule has 1 heterocycles. The molecular formula is C7H9NO. The normalized spacial score (nSPS) is 46.2. The van der Waals surface area contributed by atoms with Gasteiger partial charge in [-0.2, -0.15) is 0 Å². The molecule has 2 heteroatoms. The van der Waals surface area contributed by atoms with E-state index in [1.54, 1.807) is 0 Å². The van der Waals surface area contributed by atoms with Crippen molar-refractivity contribution in [3.05, 3.63) is 0 Å². The van der Waals surface area contributed by atoms with Crippen LogP contribution in [0.25, 0.3) is 0 Å². The highest BCUT2D eigenvalue weighted by Gasteiger charge is 2.63. The molecule has 2 aliphatic carbocycles.